The number of nitrogens with two attached hydrogens (primary N) is 1. The fourth-order valence-electron chi connectivity index (χ4n) is 1.76. The van der Waals surface area contributed by atoms with Crippen molar-refractivity contribution in [2.45, 2.75) is 39.3 Å². The summed E-state index contributed by atoms with van der Waals surface area (Å²) >= 11 is 0. The summed E-state index contributed by atoms with van der Waals surface area (Å²) in [6, 6.07) is 4.55. The fraction of sp³-hybridized carbons (Fsp3) is 0.500. The van der Waals surface area contributed by atoms with Gasteiger partial charge in [-0.3, -0.25) is 10.1 Å². The minimum atomic E-state index is -0.962. The first-order valence-electron chi connectivity index (χ1n) is 6.21. The van der Waals surface area contributed by atoms with Crippen molar-refractivity contribution >= 4 is 5.91 Å². The Kier molecular flexibility index (Phi) is 4.89. The predicted octanol–water partition coefficient (Wildman–Crippen LogP) is 1.75. The van der Waals surface area contributed by atoms with E-state index in [4.69, 9.17) is 10.5 Å². The highest BCUT2D eigenvalue weighted by molar-refractivity contribution is 5.84. The summed E-state index contributed by atoms with van der Waals surface area (Å²) in [5.41, 5.74) is 4.93. The lowest BCUT2D eigenvalue weighted by atomic mass is 10.0. The average Bonchev–Trinajstić information content (AvgIpc) is 2.29. The van der Waals surface area contributed by atoms with Crippen LogP contribution in [0, 0.1) is 12.7 Å². The molecular formula is C14H21FN2O2. The number of benzene rings is 1. The zero-order chi connectivity index (χ0) is 14.6. The zero-order valence-electron chi connectivity index (χ0n) is 11.8. The van der Waals surface area contributed by atoms with Gasteiger partial charge in [-0.25, -0.2) is 4.39 Å². The first-order valence-corrected chi connectivity index (χ1v) is 6.21. The van der Waals surface area contributed by atoms with Gasteiger partial charge >= 0.3 is 0 Å². The SMILES string of the molecule is Cc1cc(OCC(C)(NC(C)C)C(N)=O)ccc1F. The molecule has 0 radical (unpaired) electrons. The van der Waals surface area contributed by atoms with E-state index >= 15 is 0 Å². The molecule has 0 saturated heterocycles. The van der Waals surface area contributed by atoms with Crippen molar-refractivity contribution in [3.63, 3.8) is 0 Å². The third kappa shape index (κ3) is 4.21. The second-order valence-corrected chi connectivity index (χ2v) is 5.20. The van der Waals surface area contributed by atoms with Gasteiger partial charge in [0.1, 0.15) is 23.7 Å². The lowest BCUT2D eigenvalue weighted by molar-refractivity contribution is -0.125. The van der Waals surface area contributed by atoms with Crippen LogP contribution in [0.25, 0.3) is 0 Å². The van der Waals surface area contributed by atoms with Gasteiger partial charge in [0.15, 0.2) is 0 Å². The fourth-order valence-corrected chi connectivity index (χ4v) is 1.76. The number of carbonyl (C=O) groups is 1. The molecule has 0 aliphatic heterocycles. The Bertz CT molecular complexity index is 463. The number of halogens is 1. The standard InChI is InChI=1S/C14H21FN2O2/c1-9(2)17-14(4,13(16)18)8-19-11-5-6-12(15)10(3)7-11/h5-7,9,17H,8H2,1-4H3,(H2,16,18). The van der Waals surface area contributed by atoms with Crippen molar-refractivity contribution in [1.82, 2.24) is 5.32 Å². The Hall–Kier alpha value is -1.62. The molecule has 4 nitrogen and oxygen atoms in total. The maximum atomic E-state index is 13.1. The summed E-state index contributed by atoms with van der Waals surface area (Å²) in [4.78, 5) is 11.5. The van der Waals surface area contributed by atoms with E-state index in [0.717, 1.165) is 0 Å². The molecule has 106 valence electrons. The molecule has 1 atom stereocenters. The maximum Gasteiger partial charge on any atom is 0.240 e. The smallest absolute Gasteiger partial charge is 0.240 e. The minimum absolute atomic E-state index is 0.0889. The van der Waals surface area contributed by atoms with Gasteiger partial charge in [-0.2, -0.15) is 0 Å². The molecule has 0 heterocycles. The highest BCUT2D eigenvalue weighted by atomic mass is 19.1. The van der Waals surface area contributed by atoms with E-state index < -0.39 is 11.4 Å². The minimum Gasteiger partial charge on any atom is -0.491 e. The predicted molar refractivity (Wildman–Crippen MR) is 72.5 cm³/mol. The molecule has 0 aromatic heterocycles. The third-order valence-electron chi connectivity index (χ3n) is 2.81. The Morgan fingerprint density at radius 1 is 1.53 bits per heavy atom. The molecule has 19 heavy (non-hydrogen) atoms. The van der Waals surface area contributed by atoms with Crippen LogP contribution in [0.1, 0.15) is 26.3 Å². The van der Waals surface area contributed by atoms with Gasteiger partial charge in [0.25, 0.3) is 0 Å². The van der Waals surface area contributed by atoms with E-state index in [9.17, 15) is 9.18 Å². The Balaban J connectivity index is 2.76. The number of aryl methyl sites for hydroxylation is 1. The van der Waals surface area contributed by atoms with Crippen molar-refractivity contribution in [2.24, 2.45) is 5.73 Å². The average molecular weight is 268 g/mol. The van der Waals surface area contributed by atoms with Crippen LogP contribution in [0.5, 0.6) is 5.75 Å². The molecule has 1 rings (SSSR count). The number of carbonyl (C=O) groups excluding carboxylic acids is 1. The van der Waals surface area contributed by atoms with E-state index in [0.29, 0.717) is 11.3 Å². The van der Waals surface area contributed by atoms with Crippen LogP contribution in [0.4, 0.5) is 4.39 Å². The molecule has 1 aromatic carbocycles. The number of hydrogen-bond donors (Lipinski definition) is 2. The summed E-state index contributed by atoms with van der Waals surface area (Å²) in [5, 5.41) is 3.08. The number of amides is 1. The summed E-state index contributed by atoms with van der Waals surface area (Å²) in [6.07, 6.45) is 0. The van der Waals surface area contributed by atoms with Crippen molar-refractivity contribution < 1.29 is 13.9 Å². The molecule has 0 bridgehead atoms. The highest BCUT2D eigenvalue weighted by Gasteiger charge is 2.32. The molecule has 0 saturated carbocycles. The van der Waals surface area contributed by atoms with Gasteiger partial charge in [-0.1, -0.05) is 0 Å². The van der Waals surface area contributed by atoms with Gasteiger partial charge in [0, 0.05) is 6.04 Å². The van der Waals surface area contributed by atoms with Crippen LogP contribution < -0.4 is 15.8 Å². The van der Waals surface area contributed by atoms with Crippen LogP contribution in [0.3, 0.4) is 0 Å². The number of rotatable bonds is 6. The van der Waals surface area contributed by atoms with Crippen molar-refractivity contribution in [2.75, 3.05) is 6.61 Å². The maximum absolute atomic E-state index is 13.1. The highest BCUT2D eigenvalue weighted by Crippen LogP contribution is 2.17. The molecule has 1 aromatic rings. The summed E-state index contributed by atoms with van der Waals surface area (Å²) < 4.78 is 18.7. The zero-order valence-corrected chi connectivity index (χ0v) is 11.8. The molecule has 0 aliphatic rings. The number of hydrogen-bond acceptors (Lipinski definition) is 3. The van der Waals surface area contributed by atoms with E-state index in [1.807, 2.05) is 13.8 Å². The second-order valence-electron chi connectivity index (χ2n) is 5.20. The van der Waals surface area contributed by atoms with Crippen molar-refractivity contribution in [1.29, 1.82) is 0 Å². The second kappa shape index (κ2) is 6.02. The van der Waals surface area contributed by atoms with Crippen molar-refractivity contribution in [3.05, 3.63) is 29.6 Å². The Morgan fingerprint density at radius 2 is 2.16 bits per heavy atom. The van der Waals surface area contributed by atoms with Crippen LogP contribution in [-0.2, 0) is 4.79 Å². The molecule has 1 amide bonds. The number of primary amides is 1. The van der Waals surface area contributed by atoms with Crippen LogP contribution >= 0.6 is 0 Å². The summed E-state index contributed by atoms with van der Waals surface area (Å²) in [6.45, 7) is 7.27. The first-order chi connectivity index (χ1) is 8.74. The van der Waals surface area contributed by atoms with E-state index in [1.54, 1.807) is 19.9 Å². The van der Waals surface area contributed by atoms with Gasteiger partial charge in [-0.15, -0.1) is 0 Å². The lowest BCUT2D eigenvalue weighted by Gasteiger charge is -2.29. The first kappa shape index (κ1) is 15.4. The van der Waals surface area contributed by atoms with E-state index in [1.165, 1.54) is 12.1 Å². The Labute approximate surface area is 113 Å². The van der Waals surface area contributed by atoms with Gasteiger partial charge in [-0.05, 0) is 51.5 Å². The van der Waals surface area contributed by atoms with Gasteiger partial charge in [0.2, 0.25) is 5.91 Å². The lowest BCUT2D eigenvalue weighted by Crippen LogP contribution is -2.59. The van der Waals surface area contributed by atoms with Gasteiger partial charge in [0.05, 0.1) is 0 Å². The molecule has 1 unspecified atom stereocenters. The monoisotopic (exact) mass is 268 g/mol. The quantitative estimate of drug-likeness (QED) is 0.826. The summed E-state index contributed by atoms with van der Waals surface area (Å²) in [5.74, 6) is -0.262. The molecule has 0 aliphatic carbocycles. The molecular weight excluding hydrogens is 247 g/mol. The van der Waals surface area contributed by atoms with Crippen LogP contribution in [-0.4, -0.2) is 24.1 Å². The van der Waals surface area contributed by atoms with Gasteiger partial charge < -0.3 is 10.5 Å². The van der Waals surface area contributed by atoms with E-state index in [2.05, 4.69) is 5.32 Å². The molecule has 5 heteroatoms. The Morgan fingerprint density at radius 3 is 2.63 bits per heavy atom. The summed E-state index contributed by atoms with van der Waals surface area (Å²) in [7, 11) is 0. The van der Waals surface area contributed by atoms with Crippen LogP contribution in [0.15, 0.2) is 18.2 Å². The molecule has 3 N–H and O–H groups in total. The number of nitrogens with one attached hydrogen (secondary N) is 1. The largest absolute Gasteiger partial charge is 0.491 e. The third-order valence-corrected chi connectivity index (χ3v) is 2.81. The van der Waals surface area contributed by atoms with E-state index in [-0.39, 0.29) is 18.5 Å². The molecule has 0 fully saturated rings. The van der Waals surface area contributed by atoms with Crippen molar-refractivity contribution in [3.8, 4) is 5.75 Å². The normalized spacial score (nSPS) is 14.2. The topological polar surface area (TPSA) is 64.3 Å². The van der Waals surface area contributed by atoms with Crippen LogP contribution in [0.2, 0.25) is 0 Å². The number of ether oxygens (including phenoxy) is 1. The molecule has 0 spiro atoms.